The number of carbonyl (C=O) groups is 6. The molecule has 0 atom stereocenters. The van der Waals surface area contributed by atoms with Gasteiger partial charge in [-0.05, 0) is 24.6 Å². The molecule has 0 aliphatic rings. The van der Waals surface area contributed by atoms with E-state index in [2.05, 4.69) is 16.0 Å². The summed E-state index contributed by atoms with van der Waals surface area (Å²) in [6.07, 6.45) is 0. The zero-order chi connectivity index (χ0) is 28.0. The Morgan fingerprint density at radius 2 is 1.03 bits per heavy atom. The molecular formula is C22H33N7O8. The number of hydrazine groups is 1. The van der Waals surface area contributed by atoms with Gasteiger partial charge in [0, 0.05) is 27.2 Å². The van der Waals surface area contributed by atoms with E-state index in [9.17, 15) is 28.8 Å². The number of nitrogens with one attached hydrogen (secondary N) is 4. The van der Waals surface area contributed by atoms with E-state index in [1.165, 1.54) is 27.2 Å². The fourth-order valence-electron chi connectivity index (χ4n) is 2.79. The van der Waals surface area contributed by atoms with Crippen LogP contribution in [0.3, 0.4) is 0 Å². The zero-order valence-electron chi connectivity index (χ0n) is 21.2. The molecule has 15 nitrogen and oxygen atoms in total. The summed E-state index contributed by atoms with van der Waals surface area (Å²) in [7, 11) is 4.20. The standard InChI is InChI=1S/C22H33N7O8/c1-14-5-15(36-12-21(34)28(8-17(30)24-2)9-18(31)25-3)7-16(6-14)37-13-22(35)29(10-19(32)26-4)11-20(33)27-23/h5-7H,8-13,23H2,1-4H3,(H,24,30)(H,25,31)(H,26,32)(H,27,33). The van der Waals surface area contributed by atoms with Gasteiger partial charge in [-0.25, -0.2) is 5.84 Å². The molecule has 15 heteroatoms. The fraction of sp³-hybridized carbons (Fsp3) is 0.455. The average Bonchev–Trinajstić information content (AvgIpc) is 2.88. The molecule has 0 aromatic heterocycles. The highest BCUT2D eigenvalue weighted by Crippen LogP contribution is 2.23. The first kappa shape index (κ1) is 30.6. The van der Waals surface area contributed by atoms with Crippen LogP contribution in [0.4, 0.5) is 0 Å². The summed E-state index contributed by atoms with van der Waals surface area (Å²) in [6, 6.07) is 4.67. The Hall–Kier alpha value is -4.40. The second kappa shape index (κ2) is 15.6. The van der Waals surface area contributed by atoms with Gasteiger partial charge in [0.15, 0.2) is 13.2 Å². The van der Waals surface area contributed by atoms with Crippen molar-refractivity contribution in [1.29, 1.82) is 0 Å². The third-order valence-electron chi connectivity index (χ3n) is 4.79. The van der Waals surface area contributed by atoms with E-state index in [-0.39, 0.29) is 31.1 Å². The van der Waals surface area contributed by atoms with E-state index in [1.54, 1.807) is 19.1 Å². The van der Waals surface area contributed by atoms with Crippen LogP contribution in [0, 0.1) is 6.92 Å². The number of aryl methyl sites for hydroxylation is 1. The Morgan fingerprint density at radius 3 is 1.35 bits per heavy atom. The normalized spacial score (nSPS) is 9.97. The van der Waals surface area contributed by atoms with Crippen LogP contribution < -0.4 is 36.7 Å². The van der Waals surface area contributed by atoms with Gasteiger partial charge in [-0.3, -0.25) is 34.2 Å². The van der Waals surface area contributed by atoms with E-state index in [1.807, 2.05) is 5.43 Å². The van der Waals surface area contributed by atoms with Crippen LogP contribution in [0.2, 0.25) is 0 Å². The van der Waals surface area contributed by atoms with Crippen molar-refractivity contribution in [2.24, 2.45) is 5.84 Å². The Labute approximate surface area is 213 Å². The number of likely N-dealkylation sites (N-methyl/N-ethyl adjacent to an activating group) is 3. The number of nitrogens with two attached hydrogens (primary N) is 1. The SMILES string of the molecule is CNC(=O)CN(CC(=O)NC)C(=O)COc1cc(C)cc(OCC(=O)N(CC(=O)NC)CC(=O)NN)c1. The van der Waals surface area contributed by atoms with E-state index in [0.717, 1.165) is 9.80 Å². The van der Waals surface area contributed by atoms with E-state index in [0.29, 0.717) is 5.56 Å². The van der Waals surface area contributed by atoms with Crippen molar-refractivity contribution in [3.8, 4) is 11.5 Å². The molecule has 0 heterocycles. The van der Waals surface area contributed by atoms with Crippen molar-refractivity contribution >= 4 is 35.4 Å². The lowest BCUT2D eigenvalue weighted by Gasteiger charge is -2.22. The molecule has 0 saturated heterocycles. The van der Waals surface area contributed by atoms with Gasteiger partial charge < -0.3 is 35.2 Å². The quantitative estimate of drug-likeness (QED) is 0.0937. The summed E-state index contributed by atoms with van der Waals surface area (Å²) in [5.41, 5.74) is 2.58. The van der Waals surface area contributed by atoms with Crippen molar-refractivity contribution in [2.75, 3.05) is 60.5 Å². The maximum atomic E-state index is 12.6. The molecule has 1 aromatic carbocycles. The van der Waals surface area contributed by atoms with Gasteiger partial charge in [0.05, 0.1) is 0 Å². The van der Waals surface area contributed by atoms with E-state index < -0.39 is 55.2 Å². The fourth-order valence-corrected chi connectivity index (χ4v) is 2.79. The Morgan fingerprint density at radius 1 is 0.676 bits per heavy atom. The van der Waals surface area contributed by atoms with Gasteiger partial charge in [0.25, 0.3) is 17.7 Å². The molecule has 0 unspecified atom stereocenters. The number of rotatable bonds is 14. The Bertz CT molecular complexity index is 891. The molecular weight excluding hydrogens is 490 g/mol. The minimum absolute atomic E-state index is 0.228. The van der Waals surface area contributed by atoms with E-state index >= 15 is 0 Å². The second-order valence-corrected chi connectivity index (χ2v) is 7.65. The van der Waals surface area contributed by atoms with Crippen LogP contribution in [0.25, 0.3) is 0 Å². The van der Waals surface area contributed by atoms with Crippen LogP contribution >= 0.6 is 0 Å². The molecule has 37 heavy (non-hydrogen) atoms. The first-order valence-electron chi connectivity index (χ1n) is 11.1. The third kappa shape index (κ3) is 11.3. The Balaban J connectivity index is 2.86. The summed E-state index contributed by atoms with van der Waals surface area (Å²) in [5.74, 6) is 2.20. The van der Waals surface area contributed by atoms with Crippen molar-refractivity contribution < 1.29 is 38.2 Å². The number of benzene rings is 1. The minimum Gasteiger partial charge on any atom is -0.484 e. The lowest BCUT2D eigenvalue weighted by atomic mass is 10.2. The molecule has 0 radical (unpaired) electrons. The van der Waals surface area contributed by atoms with Gasteiger partial charge in [-0.15, -0.1) is 0 Å². The molecule has 6 amide bonds. The van der Waals surface area contributed by atoms with Gasteiger partial charge in [-0.2, -0.15) is 0 Å². The van der Waals surface area contributed by atoms with Crippen LogP contribution in [0.5, 0.6) is 11.5 Å². The van der Waals surface area contributed by atoms with Crippen LogP contribution in [-0.4, -0.2) is 106 Å². The number of hydrogen-bond donors (Lipinski definition) is 5. The molecule has 6 N–H and O–H groups in total. The van der Waals surface area contributed by atoms with Gasteiger partial charge in [0.1, 0.15) is 37.7 Å². The molecule has 0 spiro atoms. The zero-order valence-corrected chi connectivity index (χ0v) is 21.2. The van der Waals surface area contributed by atoms with Crippen LogP contribution in [0.15, 0.2) is 18.2 Å². The molecule has 1 aromatic rings. The van der Waals surface area contributed by atoms with Crippen LogP contribution in [0.1, 0.15) is 5.56 Å². The van der Waals surface area contributed by atoms with Crippen molar-refractivity contribution in [3.05, 3.63) is 23.8 Å². The summed E-state index contributed by atoms with van der Waals surface area (Å²) in [6.45, 7) is -0.711. The van der Waals surface area contributed by atoms with Gasteiger partial charge in [-0.1, -0.05) is 0 Å². The first-order valence-corrected chi connectivity index (χ1v) is 11.1. The smallest absolute Gasteiger partial charge is 0.261 e. The number of amides is 6. The maximum absolute atomic E-state index is 12.6. The molecule has 0 aliphatic carbocycles. The number of ether oxygens (including phenoxy) is 2. The number of hydrogen-bond acceptors (Lipinski definition) is 9. The maximum Gasteiger partial charge on any atom is 0.261 e. The van der Waals surface area contributed by atoms with Gasteiger partial charge in [0.2, 0.25) is 17.7 Å². The highest BCUT2D eigenvalue weighted by molar-refractivity contribution is 5.90. The Kier molecular flexibility index (Phi) is 12.9. The highest BCUT2D eigenvalue weighted by atomic mass is 16.5. The average molecular weight is 524 g/mol. The monoisotopic (exact) mass is 523 g/mol. The summed E-state index contributed by atoms with van der Waals surface area (Å²) in [5, 5.41) is 7.13. The summed E-state index contributed by atoms with van der Waals surface area (Å²) >= 11 is 0. The topological polar surface area (TPSA) is 202 Å². The summed E-state index contributed by atoms with van der Waals surface area (Å²) < 4.78 is 11.1. The summed E-state index contributed by atoms with van der Waals surface area (Å²) in [4.78, 5) is 73.9. The van der Waals surface area contributed by atoms with Gasteiger partial charge >= 0.3 is 0 Å². The lowest BCUT2D eigenvalue weighted by Crippen LogP contribution is -2.48. The third-order valence-corrected chi connectivity index (χ3v) is 4.79. The molecule has 0 fully saturated rings. The van der Waals surface area contributed by atoms with Crippen molar-refractivity contribution in [2.45, 2.75) is 6.92 Å². The van der Waals surface area contributed by atoms with Crippen molar-refractivity contribution in [1.82, 2.24) is 31.2 Å². The van der Waals surface area contributed by atoms with Crippen LogP contribution in [-0.2, 0) is 28.8 Å². The lowest BCUT2D eigenvalue weighted by molar-refractivity contribution is -0.140. The molecule has 1 rings (SSSR count). The molecule has 0 saturated carbocycles. The minimum atomic E-state index is -0.671. The largest absolute Gasteiger partial charge is 0.484 e. The van der Waals surface area contributed by atoms with E-state index in [4.69, 9.17) is 15.3 Å². The second-order valence-electron chi connectivity index (χ2n) is 7.65. The van der Waals surface area contributed by atoms with Crippen molar-refractivity contribution in [3.63, 3.8) is 0 Å². The first-order chi connectivity index (χ1) is 17.5. The molecule has 204 valence electrons. The number of carbonyl (C=O) groups excluding carboxylic acids is 6. The predicted molar refractivity (Wildman–Crippen MR) is 130 cm³/mol. The highest BCUT2D eigenvalue weighted by Gasteiger charge is 2.21. The predicted octanol–water partition coefficient (Wildman–Crippen LogP) is -3.36. The molecule has 0 aliphatic heterocycles. The molecule has 0 bridgehead atoms. The number of nitrogens with zero attached hydrogens (tertiary/aromatic N) is 2.